The number of benzene rings is 3. The average molecular weight is 649 g/mol. The van der Waals surface area contributed by atoms with Gasteiger partial charge in [0.25, 0.3) is 0 Å². The van der Waals surface area contributed by atoms with Gasteiger partial charge in [0.1, 0.15) is 11.9 Å². The van der Waals surface area contributed by atoms with E-state index in [9.17, 15) is 5.11 Å². The van der Waals surface area contributed by atoms with Crippen molar-refractivity contribution in [3.05, 3.63) is 138 Å². The minimum absolute atomic E-state index is 0.00382. The molecule has 3 aliphatic heterocycles. The number of aliphatic hydroxyl groups is 1. The van der Waals surface area contributed by atoms with Crippen LogP contribution in [0.2, 0.25) is 0 Å². The predicted octanol–water partition coefficient (Wildman–Crippen LogP) is 8.22. The van der Waals surface area contributed by atoms with Crippen molar-refractivity contribution in [2.45, 2.75) is 37.7 Å². The molecule has 6 heterocycles. The molecular weight excluding hydrogens is 608 g/mol. The summed E-state index contributed by atoms with van der Waals surface area (Å²) in [7, 11) is 1.66. The Balaban J connectivity index is 1.23. The van der Waals surface area contributed by atoms with Gasteiger partial charge in [0.15, 0.2) is 0 Å². The molecule has 3 saturated heterocycles. The molecular formula is C42H40N4O3. The fourth-order valence-corrected chi connectivity index (χ4v) is 8.23. The molecule has 0 radical (unpaired) electrons. The molecule has 0 aliphatic carbocycles. The van der Waals surface area contributed by atoms with Gasteiger partial charge >= 0.3 is 0 Å². The Labute approximate surface area is 286 Å². The molecule has 9 rings (SSSR count). The number of aliphatic hydroxyl groups excluding tert-OH is 1. The van der Waals surface area contributed by atoms with E-state index >= 15 is 0 Å². The number of rotatable bonds is 10. The van der Waals surface area contributed by atoms with Gasteiger partial charge in [-0.15, -0.1) is 6.58 Å². The normalized spacial score (nSPS) is 21.5. The fourth-order valence-electron chi connectivity index (χ4n) is 8.23. The standard InChI is InChI=1S/C42H40N4O3/c1-4-26-24-46-21-18-28(26)22-37(46)41(47)34-23-29(45-36-15-16-38(48-3)30(5-2)39(34)36)25-49-42(32-17-20-43-35-14-7-6-12-31(32)35)33-13-8-10-27-11-9-19-44-40(27)33/h4-17,19-20,23,26,28,37,41-42,47H,1-2,18,21-22,24-25H2,3H3/t26-,28?,37-,41+,42-/m0/s1. The van der Waals surface area contributed by atoms with Crippen LogP contribution in [0.5, 0.6) is 5.75 Å². The lowest BCUT2D eigenvalue weighted by molar-refractivity contribution is -0.0445. The summed E-state index contributed by atoms with van der Waals surface area (Å²) in [6.07, 6.45) is 8.42. The molecule has 2 unspecified atom stereocenters. The lowest BCUT2D eigenvalue weighted by atomic mass is 9.73. The second kappa shape index (κ2) is 13.2. The summed E-state index contributed by atoms with van der Waals surface area (Å²) in [6.45, 7) is 10.3. The van der Waals surface area contributed by atoms with Crippen molar-refractivity contribution in [2.75, 3.05) is 20.2 Å². The number of nitrogens with zero attached hydrogens (tertiary/aromatic N) is 4. The van der Waals surface area contributed by atoms with E-state index in [-0.39, 0.29) is 12.6 Å². The molecule has 49 heavy (non-hydrogen) atoms. The lowest BCUT2D eigenvalue weighted by Gasteiger charge is -2.50. The first-order valence-corrected chi connectivity index (χ1v) is 17.0. The van der Waals surface area contributed by atoms with Gasteiger partial charge < -0.3 is 14.6 Å². The van der Waals surface area contributed by atoms with Crippen LogP contribution in [0.4, 0.5) is 0 Å². The number of fused-ring (bicyclic) bond motifs is 6. The molecule has 0 spiro atoms. The first-order valence-electron chi connectivity index (χ1n) is 17.0. The number of piperidine rings is 3. The second-order valence-corrected chi connectivity index (χ2v) is 13.2. The highest BCUT2D eigenvalue weighted by molar-refractivity contribution is 5.94. The molecule has 3 fully saturated rings. The fraction of sp³-hybridized carbons (Fsp3) is 0.262. The Morgan fingerprint density at radius 2 is 1.82 bits per heavy atom. The van der Waals surface area contributed by atoms with E-state index in [2.05, 4.69) is 59.4 Å². The third-order valence-electron chi connectivity index (χ3n) is 10.6. The van der Waals surface area contributed by atoms with Crippen molar-refractivity contribution in [3.63, 3.8) is 0 Å². The van der Waals surface area contributed by atoms with Gasteiger partial charge in [-0.3, -0.25) is 19.9 Å². The van der Waals surface area contributed by atoms with Crippen LogP contribution in [0.15, 0.2) is 110 Å². The highest BCUT2D eigenvalue weighted by Gasteiger charge is 2.42. The van der Waals surface area contributed by atoms with E-state index in [0.717, 1.165) is 86.6 Å². The zero-order valence-corrected chi connectivity index (χ0v) is 27.7. The molecule has 6 aromatic rings. The molecule has 1 N–H and O–H groups in total. The van der Waals surface area contributed by atoms with Gasteiger partial charge in [0.05, 0.1) is 42.1 Å². The Bertz CT molecular complexity index is 2110. The Hall–Kier alpha value is -4.95. The van der Waals surface area contributed by atoms with E-state index in [1.54, 1.807) is 13.2 Å². The summed E-state index contributed by atoms with van der Waals surface area (Å²) >= 11 is 0. The first-order chi connectivity index (χ1) is 24.1. The van der Waals surface area contributed by atoms with Crippen LogP contribution in [0.3, 0.4) is 0 Å². The minimum Gasteiger partial charge on any atom is -0.496 e. The molecule has 7 nitrogen and oxygen atoms in total. The second-order valence-electron chi connectivity index (χ2n) is 13.2. The summed E-state index contributed by atoms with van der Waals surface area (Å²) in [6, 6.07) is 26.3. The van der Waals surface area contributed by atoms with E-state index < -0.39 is 12.2 Å². The van der Waals surface area contributed by atoms with Gasteiger partial charge in [-0.05, 0) is 78.7 Å². The van der Waals surface area contributed by atoms with Crippen LogP contribution in [0.1, 0.15) is 53.0 Å². The zero-order chi connectivity index (χ0) is 33.5. The SMILES string of the molecule is C=Cc1c(OC)ccc2nc(CO[C@@H](c3ccnc4ccccc34)c3cccc4cccnc34)cc([C@@H](O)[C@@H]3CC4CCN3C[C@@H]4C=C)c12. The predicted molar refractivity (Wildman–Crippen MR) is 195 cm³/mol. The number of hydrogen-bond donors (Lipinski definition) is 1. The van der Waals surface area contributed by atoms with Gasteiger partial charge in [-0.1, -0.05) is 61.2 Å². The quantitative estimate of drug-likeness (QED) is 0.150. The molecule has 3 aromatic carbocycles. The third-order valence-corrected chi connectivity index (χ3v) is 10.6. The molecule has 3 aliphatic rings. The van der Waals surface area contributed by atoms with Crippen molar-refractivity contribution in [3.8, 4) is 5.75 Å². The molecule has 246 valence electrons. The molecule has 7 heteroatoms. The summed E-state index contributed by atoms with van der Waals surface area (Å²) in [4.78, 5) is 17.0. The summed E-state index contributed by atoms with van der Waals surface area (Å²) in [5.74, 6) is 1.69. The van der Waals surface area contributed by atoms with Crippen molar-refractivity contribution in [2.24, 2.45) is 11.8 Å². The van der Waals surface area contributed by atoms with Gasteiger partial charge in [-0.2, -0.15) is 0 Å². The molecule has 0 saturated carbocycles. The summed E-state index contributed by atoms with van der Waals surface area (Å²) < 4.78 is 12.7. The lowest BCUT2D eigenvalue weighted by Crippen LogP contribution is -2.54. The molecule has 2 bridgehead atoms. The number of methoxy groups -OCH3 is 1. The van der Waals surface area contributed by atoms with Crippen molar-refractivity contribution >= 4 is 38.8 Å². The van der Waals surface area contributed by atoms with Crippen LogP contribution in [-0.4, -0.2) is 51.2 Å². The monoisotopic (exact) mass is 648 g/mol. The van der Waals surface area contributed by atoms with Crippen molar-refractivity contribution in [1.82, 2.24) is 19.9 Å². The summed E-state index contributed by atoms with van der Waals surface area (Å²) in [5.41, 5.74) is 6.92. The molecule has 6 atom stereocenters. The van der Waals surface area contributed by atoms with Crippen LogP contribution in [0.25, 0.3) is 38.8 Å². The van der Waals surface area contributed by atoms with E-state index in [4.69, 9.17) is 19.4 Å². The van der Waals surface area contributed by atoms with Crippen molar-refractivity contribution in [1.29, 1.82) is 0 Å². The molecule has 3 aromatic heterocycles. The van der Waals surface area contributed by atoms with Gasteiger partial charge in [0.2, 0.25) is 0 Å². The molecule has 0 amide bonds. The Kier molecular flexibility index (Phi) is 8.41. The van der Waals surface area contributed by atoms with E-state index in [1.807, 2.05) is 60.9 Å². The van der Waals surface area contributed by atoms with Crippen molar-refractivity contribution < 1.29 is 14.6 Å². The van der Waals surface area contributed by atoms with Gasteiger partial charge in [-0.25, -0.2) is 0 Å². The maximum absolute atomic E-state index is 12.3. The minimum atomic E-state index is -0.731. The number of ether oxygens (including phenoxy) is 2. The van der Waals surface area contributed by atoms with Crippen LogP contribution in [-0.2, 0) is 11.3 Å². The number of para-hydroxylation sites is 2. The Morgan fingerprint density at radius 3 is 2.63 bits per heavy atom. The van der Waals surface area contributed by atoms with E-state index in [1.165, 1.54) is 0 Å². The van der Waals surface area contributed by atoms with E-state index in [0.29, 0.717) is 17.6 Å². The average Bonchev–Trinajstić information content (AvgIpc) is 3.17. The van der Waals surface area contributed by atoms with Crippen LogP contribution < -0.4 is 4.74 Å². The topological polar surface area (TPSA) is 80.6 Å². The van der Waals surface area contributed by atoms with Crippen LogP contribution >= 0.6 is 0 Å². The maximum Gasteiger partial charge on any atom is 0.126 e. The number of hydrogen-bond acceptors (Lipinski definition) is 7. The number of pyridine rings is 3. The number of aromatic nitrogens is 3. The maximum atomic E-state index is 12.3. The van der Waals surface area contributed by atoms with Crippen LogP contribution in [0, 0.1) is 11.8 Å². The zero-order valence-electron chi connectivity index (χ0n) is 27.7. The third kappa shape index (κ3) is 5.58. The summed E-state index contributed by atoms with van der Waals surface area (Å²) in [5, 5.41) is 15.2. The smallest absolute Gasteiger partial charge is 0.126 e. The first kappa shape index (κ1) is 31.3. The highest BCUT2D eigenvalue weighted by atomic mass is 16.5. The van der Waals surface area contributed by atoms with Gasteiger partial charge in [0, 0.05) is 52.3 Å². The largest absolute Gasteiger partial charge is 0.496 e. The Morgan fingerprint density at radius 1 is 0.939 bits per heavy atom. The highest BCUT2D eigenvalue weighted by Crippen LogP contribution is 2.44.